The molecular formula is C18H21NO2. The van der Waals surface area contributed by atoms with Gasteiger partial charge in [-0.05, 0) is 57.5 Å². The van der Waals surface area contributed by atoms with Gasteiger partial charge in [0.25, 0.3) is 0 Å². The monoisotopic (exact) mass is 283 g/mol. The van der Waals surface area contributed by atoms with Gasteiger partial charge in [-0.1, -0.05) is 5.57 Å². The second-order valence-electron chi connectivity index (χ2n) is 6.57. The number of fused-ring (bicyclic) bond motifs is 1. The molecule has 2 aromatic rings. The van der Waals surface area contributed by atoms with Crippen molar-refractivity contribution in [3.8, 4) is 0 Å². The average molecular weight is 283 g/mol. The van der Waals surface area contributed by atoms with Crippen LogP contribution in [0, 0.1) is 0 Å². The van der Waals surface area contributed by atoms with Crippen LogP contribution >= 0.6 is 0 Å². The number of allylic oxidation sites excluding steroid dienone is 2. The van der Waals surface area contributed by atoms with Crippen molar-refractivity contribution in [3.63, 3.8) is 0 Å². The van der Waals surface area contributed by atoms with Crippen LogP contribution in [-0.4, -0.2) is 22.5 Å². The highest BCUT2D eigenvalue weighted by Gasteiger charge is 2.47. The summed E-state index contributed by atoms with van der Waals surface area (Å²) < 4.78 is 5.67. The van der Waals surface area contributed by atoms with Crippen molar-refractivity contribution in [3.05, 3.63) is 47.2 Å². The summed E-state index contributed by atoms with van der Waals surface area (Å²) in [5.74, 6) is 0.0621. The van der Waals surface area contributed by atoms with Crippen molar-refractivity contribution < 1.29 is 9.53 Å². The molecule has 0 unspecified atom stereocenters. The third-order valence-corrected chi connectivity index (χ3v) is 4.04. The van der Waals surface area contributed by atoms with Gasteiger partial charge in [0.1, 0.15) is 0 Å². The first-order valence-corrected chi connectivity index (χ1v) is 7.34. The SMILES string of the molecule is CC(C)=CC(=O)c1ccc2[nH]cc(C[C@H]3OC3(C)C)c2c1. The van der Waals surface area contributed by atoms with Gasteiger partial charge in [0.2, 0.25) is 0 Å². The lowest BCUT2D eigenvalue weighted by Crippen LogP contribution is -2.05. The van der Waals surface area contributed by atoms with E-state index in [1.165, 1.54) is 5.56 Å². The molecule has 1 aromatic carbocycles. The van der Waals surface area contributed by atoms with Crippen LogP contribution in [0.4, 0.5) is 0 Å². The molecule has 2 heterocycles. The summed E-state index contributed by atoms with van der Waals surface area (Å²) in [6.45, 7) is 8.09. The summed E-state index contributed by atoms with van der Waals surface area (Å²) >= 11 is 0. The van der Waals surface area contributed by atoms with Crippen molar-refractivity contribution in [1.82, 2.24) is 4.98 Å². The lowest BCUT2D eigenvalue weighted by Gasteiger charge is -2.01. The van der Waals surface area contributed by atoms with Gasteiger partial charge >= 0.3 is 0 Å². The lowest BCUT2D eigenvalue weighted by molar-refractivity contribution is 0.104. The molecule has 110 valence electrons. The number of H-pyrrole nitrogens is 1. The predicted molar refractivity (Wildman–Crippen MR) is 84.7 cm³/mol. The van der Waals surface area contributed by atoms with E-state index in [0.29, 0.717) is 0 Å². The van der Waals surface area contributed by atoms with Crippen LogP contribution in [0.5, 0.6) is 0 Å². The van der Waals surface area contributed by atoms with Gasteiger partial charge in [-0.3, -0.25) is 4.79 Å². The Morgan fingerprint density at radius 1 is 1.38 bits per heavy atom. The van der Waals surface area contributed by atoms with Gasteiger partial charge in [-0.15, -0.1) is 0 Å². The van der Waals surface area contributed by atoms with E-state index in [1.54, 1.807) is 6.08 Å². The van der Waals surface area contributed by atoms with Crippen LogP contribution < -0.4 is 0 Å². The number of benzene rings is 1. The molecule has 21 heavy (non-hydrogen) atoms. The van der Waals surface area contributed by atoms with Crippen molar-refractivity contribution in [2.24, 2.45) is 0 Å². The molecular weight excluding hydrogens is 262 g/mol. The number of hydrogen-bond donors (Lipinski definition) is 1. The first kappa shape index (κ1) is 14.1. The van der Waals surface area contributed by atoms with E-state index in [-0.39, 0.29) is 17.5 Å². The molecule has 0 aliphatic carbocycles. The number of aromatic amines is 1. The zero-order chi connectivity index (χ0) is 15.2. The second-order valence-corrected chi connectivity index (χ2v) is 6.57. The Balaban J connectivity index is 1.93. The Morgan fingerprint density at radius 3 is 2.71 bits per heavy atom. The van der Waals surface area contributed by atoms with Crippen molar-refractivity contribution in [2.75, 3.05) is 0 Å². The fourth-order valence-electron chi connectivity index (χ4n) is 2.67. The zero-order valence-corrected chi connectivity index (χ0v) is 13.0. The molecule has 0 spiro atoms. The third-order valence-electron chi connectivity index (χ3n) is 4.04. The van der Waals surface area contributed by atoms with E-state index < -0.39 is 0 Å². The van der Waals surface area contributed by atoms with Crippen LogP contribution in [0.3, 0.4) is 0 Å². The fraction of sp³-hybridized carbons (Fsp3) is 0.389. The standard InChI is InChI=1S/C18H21NO2/c1-11(2)7-16(20)12-5-6-15-14(8-12)13(10-19-15)9-17-18(3,4)21-17/h5-8,10,17,19H,9H2,1-4H3/t17-/m1/s1. The highest BCUT2D eigenvalue weighted by molar-refractivity contribution is 6.07. The van der Waals surface area contributed by atoms with Crippen LogP contribution in [0.25, 0.3) is 10.9 Å². The van der Waals surface area contributed by atoms with Gasteiger partial charge in [0, 0.05) is 29.1 Å². The lowest BCUT2D eigenvalue weighted by atomic mass is 10.00. The van der Waals surface area contributed by atoms with Gasteiger partial charge < -0.3 is 9.72 Å². The summed E-state index contributed by atoms with van der Waals surface area (Å²) in [7, 11) is 0. The average Bonchev–Trinajstić information content (AvgIpc) is 2.82. The summed E-state index contributed by atoms with van der Waals surface area (Å²) in [6, 6.07) is 5.84. The van der Waals surface area contributed by atoms with Gasteiger partial charge in [0.15, 0.2) is 5.78 Å². The molecule has 0 amide bonds. The largest absolute Gasteiger partial charge is 0.366 e. The first-order valence-electron chi connectivity index (χ1n) is 7.34. The first-order chi connectivity index (χ1) is 9.87. The molecule has 1 N–H and O–H groups in total. The van der Waals surface area contributed by atoms with Crippen molar-refractivity contribution in [1.29, 1.82) is 0 Å². The van der Waals surface area contributed by atoms with E-state index in [2.05, 4.69) is 18.8 Å². The van der Waals surface area contributed by atoms with Crippen molar-refractivity contribution >= 4 is 16.7 Å². The fourth-order valence-corrected chi connectivity index (χ4v) is 2.67. The van der Waals surface area contributed by atoms with Gasteiger partial charge in [-0.25, -0.2) is 0 Å². The Morgan fingerprint density at radius 2 is 2.10 bits per heavy atom. The van der Waals surface area contributed by atoms with Crippen LogP contribution in [0.1, 0.15) is 43.6 Å². The highest BCUT2D eigenvalue weighted by Crippen LogP contribution is 2.38. The van der Waals surface area contributed by atoms with E-state index in [4.69, 9.17) is 4.74 Å². The Hall–Kier alpha value is -1.87. The zero-order valence-electron chi connectivity index (χ0n) is 13.0. The number of ether oxygens (including phenoxy) is 1. The normalized spacial score (nSPS) is 19.5. The van der Waals surface area contributed by atoms with Crippen LogP contribution in [0.15, 0.2) is 36.0 Å². The number of ketones is 1. The molecule has 3 rings (SSSR count). The molecule has 1 aliphatic rings. The Bertz CT molecular complexity index is 733. The summed E-state index contributed by atoms with van der Waals surface area (Å²) in [5, 5.41) is 1.12. The van der Waals surface area contributed by atoms with Gasteiger partial charge in [-0.2, -0.15) is 0 Å². The van der Waals surface area contributed by atoms with Crippen LogP contribution in [-0.2, 0) is 11.2 Å². The summed E-state index contributed by atoms with van der Waals surface area (Å²) in [5.41, 5.74) is 4.02. The smallest absolute Gasteiger partial charge is 0.185 e. The molecule has 1 fully saturated rings. The minimum absolute atomic E-state index is 0.0148. The van der Waals surface area contributed by atoms with E-state index in [9.17, 15) is 4.79 Å². The summed E-state index contributed by atoms with van der Waals surface area (Å²) in [6.07, 6.45) is 4.86. The van der Waals surface area contributed by atoms with Gasteiger partial charge in [0.05, 0.1) is 11.7 Å². The Kier molecular flexibility index (Phi) is 3.25. The molecule has 1 saturated heterocycles. The molecule has 1 aromatic heterocycles. The quantitative estimate of drug-likeness (QED) is 0.523. The maximum Gasteiger partial charge on any atom is 0.185 e. The number of carbonyl (C=O) groups excluding carboxylic acids is 1. The molecule has 0 bridgehead atoms. The molecule has 1 atom stereocenters. The molecule has 1 aliphatic heterocycles. The number of epoxide rings is 1. The van der Waals surface area contributed by atoms with E-state index >= 15 is 0 Å². The highest BCUT2D eigenvalue weighted by atomic mass is 16.6. The minimum Gasteiger partial charge on any atom is -0.366 e. The van der Waals surface area contributed by atoms with Crippen LogP contribution in [0.2, 0.25) is 0 Å². The molecule has 0 saturated carbocycles. The maximum absolute atomic E-state index is 12.2. The number of hydrogen-bond acceptors (Lipinski definition) is 2. The topological polar surface area (TPSA) is 45.4 Å². The second kappa shape index (κ2) is 4.85. The molecule has 3 nitrogen and oxygen atoms in total. The Labute approximate surface area is 125 Å². The van der Waals surface area contributed by atoms with E-state index in [0.717, 1.165) is 28.5 Å². The molecule has 0 radical (unpaired) electrons. The molecule has 3 heteroatoms. The summed E-state index contributed by atoms with van der Waals surface area (Å²) in [4.78, 5) is 15.4. The maximum atomic E-state index is 12.2. The number of nitrogens with one attached hydrogen (secondary N) is 1. The number of carbonyl (C=O) groups is 1. The van der Waals surface area contributed by atoms with Crippen molar-refractivity contribution in [2.45, 2.75) is 45.8 Å². The number of aromatic nitrogens is 1. The number of rotatable bonds is 4. The van der Waals surface area contributed by atoms with E-state index in [1.807, 2.05) is 38.2 Å². The predicted octanol–water partition coefficient (Wildman–Crippen LogP) is 4.04. The third kappa shape index (κ3) is 2.79. The minimum atomic E-state index is -0.0148.